The fourth-order valence-corrected chi connectivity index (χ4v) is 1.91. The molecule has 1 heteroatoms. The first-order valence-electron chi connectivity index (χ1n) is 4.93. The van der Waals surface area contributed by atoms with Crippen LogP contribution in [0.2, 0.25) is 0 Å². The van der Waals surface area contributed by atoms with Crippen LogP contribution in [0.25, 0.3) is 21.5 Å². The molecule has 3 rings (SSSR count). The van der Waals surface area contributed by atoms with E-state index in [0.717, 1.165) is 16.5 Å². The van der Waals surface area contributed by atoms with Crippen molar-refractivity contribution in [3.05, 3.63) is 54.6 Å². The molecule has 0 atom stereocenters. The van der Waals surface area contributed by atoms with Gasteiger partial charge in [-0.25, -0.2) is 0 Å². The summed E-state index contributed by atoms with van der Waals surface area (Å²) in [6, 6.07) is 19.5. The van der Waals surface area contributed by atoms with Crippen molar-refractivity contribution in [2.75, 3.05) is 5.73 Å². The van der Waals surface area contributed by atoms with Crippen molar-refractivity contribution in [1.29, 1.82) is 0 Å². The Balaban J connectivity index is 2.53. The zero-order valence-corrected chi connectivity index (χ0v) is 8.20. The van der Waals surface area contributed by atoms with E-state index in [9.17, 15) is 0 Å². The van der Waals surface area contributed by atoms with Crippen molar-refractivity contribution in [1.82, 2.24) is 0 Å². The molecule has 1 nitrogen and oxygen atoms in total. The fourth-order valence-electron chi connectivity index (χ4n) is 1.91. The first-order valence-corrected chi connectivity index (χ1v) is 4.93. The predicted molar refractivity (Wildman–Crippen MR) is 64.7 cm³/mol. The third-order valence-electron chi connectivity index (χ3n) is 2.70. The number of nitrogen functional groups attached to an aromatic ring is 1. The van der Waals surface area contributed by atoms with Crippen LogP contribution in [0.3, 0.4) is 0 Å². The molecule has 0 heterocycles. The molecule has 3 aromatic rings. The summed E-state index contributed by atoms with van der Waals surface area (Å²) in [5.74, 6) is 0. The van der Waals surface area contributed by atoms with Gasteiger partial charge in [-0.2, -0.15) is 0 Å². The third kappa shape index (κ3) is 1.24. The Bertz CT molecular complexity index is 641. The average Bonchev–Trinajstić information content (AvgIpc) is 2.27. The molecule has 0 bridgehead atoms. The van der Waals surface area contributed by atoms with Crippen LogP contribution in [-0.4, -0.2) is 0 Å². The average molecular weight is 192 g/mol. The summed E-state index contributed by atoms with van der Waals surface area (Å²) < 4.78 is 0. The molecule has 71 valence electrons. The Morgan fingerprint density at radius 1 is 0.933 bits per heavy atom. The van der Waals surface area contributed by atoms with Gasteiger partial charge in [0.05, 0.1) is 0 Å². The van der Waals surface area contributed by atoms with Gasteiger partial charge < -0.3 is 5.73 Å². The molecule has 0 aliphatic heterocycles. The second kappa shape index (κ2) is 2.99. The molecule has 0 fully saturated rings. The summed E-state index contributed by atoms with van der Waals surface area (Å²) in [6.45, 7) is 0. The van der Waals surface area contributed by atoms with E-state index in [1.807, 2.05) is 24.3 Å². The van der Waals surface area contributed by atoms with Gasteiger partial charge in [-0.1, -0.05) is 30.3 Å². The van der Waals surface area contributed by atoms with Crippen LogP contribution in [0.15, 0.2) is 48.5 Å². The zero-order chi connectivity index (χ0) is 10.3. The van der Waals surface area contributed by atoms with Gasteiger partial charge in [0, 0.05) is 11.1 Å². The number of rotatable bonds is 0. The second-order valence-corrected chi connectivity index (χ2v) is 3.68. The summed E-state index contributed by atoms with van der Waals surface area (Å²) in [5, 5.41) is 4.60. The minimum absolute atomic E-state index is 0.814. The van der Waals surface area contributed by atoms with Gasteiger partial charge in [0.25, 0.3) is 0 Å². The highest BCUT2D eigenvalue weighted by Crippen LogP contribution is 2.26. The van der Waals surface area contributed by atoms with Crippen molar-refractivity contribution >= 4 is 27.2 Å². The van der Waals surface area contributed by atoms with E-state index < -0.39 is 0 Å². The lowest BCUT2D eigenvalue weighted by molar-refractivity contribution is 1.74. The van der Waals surface area contributed by atoms with Gasteiger partial charge in [0.1, 0.15) is 0 Å². The van der Waals surface area contributed by atoms with Crippen LogP contribution in [0.1, 0.15) is 0 Å². The maximum absolute atomic E-state index is 5.93. The molecular formula is C14H10N. The number of hydrogen-bond acceptors (Lipinski definition) is 1. The van der Waals surface area contributed by atoms with Crippen LogP contribution < -0.4 is 5.73 Å². The van der Waals surface area contributed by atoms with E-state index >= 15 is 0 Å². The number of fused-ring (bicyclic) bond motifs is 2. The Morgan fingerprint density at radius 2 is 1.67 bits per heavy atom. The van der Waals surface area contributed by atoms with E-state index in [2.05, 4.69) is 30.3 Å². The molecule has 0 aliphatic rings. The van der Waals surface area contributed by atoms with Crippen molar-refractivity contribution in [2.24, 2.45) is 0 Å². The SMILES string of the molecule is Nc1cc[c]c2cc3ccccc3cc12. The monoisotopic (exact) mass is 192 g/mol. The van der Waals surface area contributed by atoms with Crippen molar-refractivity contribution in [3.8, 4) is 0 Å². The van der Waals surface area contributed by atoms with Crippen molar-refractivity contribution in [2.45, 2.75) is 0 Å². The molecule has 2 N–H and O–H groups in total. The minimum Gasteiger partial charge on any atom is -0.398 e. The lowest BCUT2D eigenvalue weighted by Crippen LogP contribution is -1.86. The summed E-state index contributed by atoms with van der Waals surface area (Å²) in [5.41, 5.74) is 6.74. The van der Waals surface area contributed by atoms with Crippen molar-refractivity contribution < 1.29 is 0 Å². The maximum atomic E-state index is 5.93. The molecule has 0 saturated carbocycles. The number of benzene rings is 3. The normalized spacial score (nSPS) is 10.9. The maximum Gasteiger partial charge on any atom is 0.0394 e. The third-order valence-corrected chi connectivity index (χ3v) is 2.70. The smallest absolute Gasteiger partial charge is 0.0394 e. The van der Waals surface area contributed by atoms with E-state index in [0.29, 0.717) is 0 Å². The predicted octanol–water partition coefficient (Wildman–Crippen LogP) is 3.38. The van der Waals surface area contributed by atoms with Gasteiger partial charge in [0.2, 0.25) is 0 Å². The molecule has 15 heavy (non-hydrogen) atoms. The van der Waals surface area contributed by atoms with Crippen LogP contribution in [-0.2, 0) is 0 Å². The summed E-state index contributed by atoms with van der Waals surface area (Å²) in [7, 11) is 0. The minimum atomic E-state index is 0.814. The largest absolute Gasteiger partial charge is 0.398 e. The molecule has 0 aliphatic carbocycles. The number of nitrogens with two attached hydrogens (primary N) is 1. The standard InChI is InChI=1S/C14H10N/c15-14-7-3-6-12-8-10-4-1-2-5-11(10)9-13(12)14/h1-5,7-9H,15H2. The van der Waals surface area contributed by atoms with Gasteiger partial charge in [-0.05, 0) is 40.4 Å². The molecule has 0 unspecified atom stereocenters. The Hall–Kier alpha value is -2.02. The van der Waals surface area contributed by atoms with Gasteiger partial charge >= 0.3 is 0 Å². The van der Waals surface area contributed by atoms with Crippen molar-refractivity contribution in [3.63, 3.8) is 0 Å². The highest BCUT2D eigenvalue weighted by atomic mass is 14.5. The van der Waals surface area contributed by atoms with E-state index in [1.165, 1.54) is 10.8 Å². The Kier molecular flexibility index (Phi) is 1.65. The van der Waals surface area contributed by atoms with E-state index in [4.69, 9.17) is 5.73 Å². The van der Waals surface area contributed by atoms with Gasteiger partial charge in [-0.3, -0.25) is 0 Å². The Labute approximate surface area is 88.1 Å². The van der Waals surface area contributed by atoms with Crippen LogP contribution >= 0.6 is 0 Å². The highest BCUT2D eigenvalue weighted by molar-refractivity contribution is 6.02. The number of anilines is 1. The first-order chi connectivity index (χ1) is 7.34. The van der Waals surface area contributed by atoms with Crippen LogP contribution in [0, 0.1) is 6.07 Å². The lowest BCUT2D eigenvalue weighted by Gasteiger charge is -2.03. The summed E-state index contributed by atoms with van der Waals surface area (Å²) in [6.07, 6.45) is 0. The molecule has 0 spiro atoms. The molecule has 3 aromatic carbocycles. The van der Waals surface area contributed by atoms with Gasteiger partial charge in [-0.15, -0.1) is 0 Å². The number of hydrogen-bond donors (Lipinski definition) is 1. The van der Waals surface area contributed by atoms with Crippen LogP contribution in [0.4, 0.5) is 5.69 Å². The fraction of sp³-hybridized carbons (Fsp3) is 0. The molecule has 0 saturated heterocycles. The topological polar surface area (TPSA) is 26.0 Å². The second-order valence-electron chi connectivity index (χ2n) is 3.68. The molecule has 1 radical (unpaired) electrons. The Morgan fingerprint density at radius 3 is 2.47 bits per heavy atom. The lowest BCUT2D eigenvalue weighted by atomic mass is 10.0. The zero-order valence-electron chi connectivity index (χ0n) is 8.20. The molecule has 0 amide bonds. The van der Waals surface area contributed by atoms with Crippen LogP contribution in [0.5, 0.6) is 0 Å². The highest BCUT2D eigenvalue weighted by Gasteiger charge is 1.99. The molecular weight excluding hydrogens is 182 g/mol. The van der Waals surface area contributed by atoms with Gasteiger partial charge in [0.15, 0.2) is 0 Å². The molecule has 0 aromatic heterocycles. The summed E-state index contributed by atoms with van der Waals surface area (Å²) >= 11 is 0. The summed E-state index contributed by atoms with van der Waals surface area (Å²) in [4.78, 5) is 0. The quantitative estimate of drug-likeness (QED) is 0.429. The van der Waals surface area contributed by atoms with E-state index in [-0.39, 0.29) is 0 Å². The van der Waals surface area contributed by atoms with E-state index in [1.54, 1.807) is 0 Å². The first kappa shape index (κ1) is 8.30.